The monoisotopic (exact) mass is 378 g/mol. The summed E-state index contributed by atoms with van der Waals surface area (Å²) >= 11 is 0. The molecule has 3 atom stereocenters. The number of hydrogen-bond acceptors (Lipinski definition) is 5. The Hall–Kier alpha value is -2.28. The van der Waals surface area contributed by atoms with Crippen LogP contribution in [-0.4, -0.2) is 55.2 Å². The molecular formula is C20H30N2O5. The van der Waals surface area contributed by atoms with Crippen LogP contribution in [0.25, 0.3) is 0 Å². The third-order valence-corrected chi connectivity index (χ3v) is 5.33. The van der Waals surface area contributed by atoms with Crippen LogP contribution < -0.4 is 14.8 Å². The number of carboxylic acids is 1. The molecular weight excluding hydrogens is 348 g/mol. The molecule has 2 rings (SSSR count). The Kier molecular flexibility index (Phi) is 7.47. The molecule has 1 heterocycles. The number of benzene rings is 1. The predicted molar refractivity (Wildman–Crippen MR) is 102 cm³/mol. The van der Waals surface area contributed by atoms with E-state index in [4.69, 9.17) is 9.47 Å². The van der Waals surface area contributed by atoms with Crippen LogP contribution in [0.1, 0.15) is 44.7 Å². The number of carboxylic acid groups (broad SMARTS) is 1. The third kappa shape index (κ3) is 4.91. The topological polar surface area (TPSA) is 88.1 Å². The summed E-state index contributed by atoms with van der Waals surface area (Å²) in [5.41, 5.74) is 0.945. The lowest BCUT2D eigenvalue weighted by Crippen LogP contribution is -2.47. The molecule has 1 aliphatic rings. The lowest BCUT2D eigenvalue weighted by molar-refractivity contribution is -0.141. The van der Waals surface area contributed by atoms with Gasteiger partial charge in [0.1, 0.15) is 17.5 Å². The van der Waals surface area contributed by atoms with Gasteiger partial charge in [0.15, 0.2) is 0 Å². The zero-order valence-corrected chi connectivity index (χ0v) is 16.5. The van der Waals surface area contributed by atoms with Gasteiger partial charge in [0, 0.05) is 18.2 Å². The maximum Gasteiger partial charge on any atom is 0.320 e. The van der Waals surface area contributed by atoms with Gasteiger partial charge >= 0.3 is 5.97 Å². The first kappa shape index (κ1) is 21.0. The highest BCUT2D eigenvalue weighted by Gasteiger charge is 2.33. The Bertz CT molecular complexity index is 664. The summed E-state index contributed by atoms with van der Waals surface area (Å²) in [6.45, 7) is 4.48. The van der Waals surface area contributed by atoms with Crippen LogP contribution in [0, 0.1) is 5.92 Å². The third-order valence-electron chi connectivity index (χ3n) is 5.33. The van der Waals surface area contributed by atoms with Crippen molar-refractivity contribution >= 4 is 11.9 Å². The molecule has 1 aromatic rings. The van der Waals surface area contributed by atoms with Gasteiger partial charge in [-0.1, -0.05) is 20.3 Å². The standard InChI is InChI=1S/C20H30N2O5/c1-5-13(2)19(20(24)25)21-12-18(23)22-10-6-7-16(22)15-9-8-14(26-3)11-17(15)27-4/h8-9,11,13,16,19,21H,5-7,10,12H2,1-4H3,(H,24,25)/t13-,16?,19-/m0/s1. The van der Waals surface area contributed by atoms with Crippen molar-refractivity contribution in [1.82, 2.24) is 10.2 Å². The van der Waals surface area contributed by atoms with E-state index in [1.54, 1.807) is 14.2 Å². The predicted octanol–water partition coefficient (Wildman–Crippen LogP) is 2.46. The molecule has 0 saturated carbocycles. The van der Waals surface area contributed by atoms with Gasteiger partial charge in [0.25, 0.3) is 0 Å². The number of ether oxygens (including phenoxy) is 2. The average molecular weight is 378 g/mol. The number of carbonyl (C=O) groups is 2. The largest absolute Gasteiger partial charge is 0.497 e. The van der Waals surface area contributed by atoms with Gasteiger partial charge < -0.3 is 19.5 Å². The van der Waals surface area contributed by atoms with Crippen molar-refractivity contribution in [2.24, 2.45) is 5.92 Å². The van der Waals surface area contributed by atoms with E-state index in [0.717, 1.165) is 24.8 Å². The van der Waals surface area contributed by atoms with Crippen LogP contribution >= 0.6 is 0 Å². The summed E-state index contributed by atoms with van der Waals surface area (Å²) < 4.78 is 10.7. The summed E-state index contributed by atoms with van der Waals surface area (Å²) in [5.74, 6) is 0.323. The highest BCUT2D eigenvalue weighted by Crippen LogP contribution is 2.38. The highest BCUT2D eigenvalue weighted by molar-refractivity contribution is 5.81. The van der Waals surface area contributed by atoms with E-state index in [0.29, 0.717) is 18.0 Å². The van der Waals surface area contributed by atoms with Gasteiger partial charge in [-0.3, -0.25) is 14.9 Å². The fourth-order valence-electron chi connectivity index (χ4n) is 3.55. The second-order valence-corrected chi connectivity index (χ2v) is 6.94. The van der Waals surface area contributed by atoms with Gasteiger partial charge in [-0.25, -0.2) is 0 Å². The Balaban J connectivity index is 2.11. The molecule has 7 heteroatoms. The fraction of sp³-hybridized carbons (Fsp3) is 0.600. The Morgan fingerprint density at radius 1 is 1.33 bits per heavy atom. The maximum absolute atomic E-state index is 12.8. The zero-order valence-electron chi connectivity index (χ0n) is 16.5. The van der Waals surface area contributed by atoms with E-state index in [9.17, 15) is 14.7 Å². The van der Waals surface area contributed by atoms with Gasteiger partial charge in [0.2, 0.25) is 5.91 Å². The van der Waals surface area contributed by atoms with Crippen molar-refractivity contribution in [2.45, 2.75) is 45.2 Å². The number of nitrogens with zero attached hydrogens (tertiary/aromatic N) is 1. The number of methoxy groups -OCH3 is 2. The van der Waals surface area contributed by atoms with Crippen LogP contribution in [0.5, 0.6) is 11.5 Å². The van der Waals surface area contributed by atoms with Gasteiger partial charge in [-0.15, -0.1) is 0 Å². The lowest BCUT2D eigenvalue weighted by Gasteiger charge is -2.28. The van der Waals surface area contributed by atoms with E-state index >= 15 is 0 Å². The van der Waals surface area contributed by atoms with E-state index in [2.05, 4.69) is 5.32 Å². The molecule has 0 aliphatic carbocycles. The molecule has 1 aromatic carbocycles. The van der Waals surface area contributed by atoms with Crippen LogP contribution in [0.2, 0.25) is 0 Å². The number of rotatable bonds is 9. The molecule has 1 amide bonds. The molecule has 2 N–H and O–H groups in total. The number of hydrogen-bond donors (Lipinski definition) is 2. The number of nitrogens with one attached hydrogen (secondary N) is 1. The van der Waals surface area contributed by atoms with Gasteiger partial charge in [-0.2, -0.15) is 0 Å². The fourth-order valence-corrected chi connectivity index (χ4v) is 3.55. The summed E-state index contributed by atoms with van der Waals surface area (Å²) in [6.07, 6.45) is 2.48. The van der Waals surface area contributed by atoms with Crippen molar-refractivity contribution in [3.8, 4) is 11.5 Å². The normalized spacial score (nSPS) is 18.8. The molecule has 1 fully saturated rings. The Morgan fingerprint density at radius 3 is 2.67 bits per heavy atom. The highest BCUT2D eigenvalue weighted by atomic mass is 16.5. The minimum absolute atomic E-state index is 0.0102. The van der Waals surface area contributed by atoms with Gasteiger partial charge in [-0.05, 0) is 30.9 Å². The summed E-state index contributed by atoms with van der Waals surface area (Å²) in [5, 5.41) is 12.3. The van der Waals surface area contributed by atoms with Crippen LogP contribution in [0.15, 0.2) is 18.2 Å². The van der Waals surface area contributed by atoms with Crippen LogP contribution in [0.3, 0.4) is 0 Å². The maximum atomic E-state index is 12.8. The molecule has 0 aromatic heterocycles. The quantitative estimate of drug-likeness (QED) is 0.686. The summed E-state index contributed by atoms with van der Waals surface area (Å²) in [4.78, 5) is 26.1. The Labute approximate surface area is 160 Å². The molecule has 1 saturated heterocycles. The number of carbonyl (C=O) groups excluding carboxylic acids is 1. The molecule has 27 heavy (non-hydrogen) atoms. The molecule has 150 valence electrons. The van der Waals surface area contributed by atoms with Crippen molar-refractivity contribution in [3.63, 3.8) is 0 Å². The van der Waals surface area contributed by atoms with Crippen molar-refractivity contribution < 1.29 is 24.2 Å². The second kappa shape index (κ2) is 9.60. The van der Waals surface area contributed by atoms with E-state index in [1.165, 1.54) is 0 Å². The van der Waals surface area contributed by atoms with E-state index < -0.39 is 12.0 Å². The smallest absolute Gasteiger partial charge is 0.320 e. The molecule has 1 unspecified atom stereocenters. The van der Waals surface area contributed by atoms with Crippen molar-refractivity contribution in [3.05, 3.63) is 23.8 Å². The molecule has 1 aliphatic heterocycles. The number of likely N-dealkylation sites (tertiary alicyclic amines) is 1. The minimum atomic E-state index is -0.924. The molecule has 7 nitrogen and oxygen atoms in total. The van der Waals surface area contributed by atoms with Crippen molar-refractivity contribution in [1.29, 1.82) is 0 Å². The van der Waals surface area contributed by atoms with E-state index in [1.807, 2.05) is 36.9 Å². The average Bonchev–Trinajstić information content (AvgIpc) is 3.16. The van der Waals surface area contributed by atoms with E-state index in [-0.39, 0.29) is 24.4 Å². The van der Waals surface area contributed by atoms with Crippen LogP contribution in [0.4, 0.5) is 0 Å². The first-order valence-corrected chi connectivity index (χ1v) is 9.40. The van der Waals surface area contributed by atoms with Crippen LogP contribution in [-0.2, 0) is 9.59 Å². The van der Waals surface area contributed by atoms with Gasteiger partial charge in [0.05, 0.1) is 26.8 Å². The first-order valence-electron chi connectivity index (χ1n) is 9.40. The first-order chi connectivity index (χ1) is 12.9. The summed E-state index contributed by atoms with van der Waals surface area (Å²) in [7, 11) is 3.20. The lowest BCUT2D eigenvalue weighted by atomic mass is 9.99. The molecule has 0 radical (unpaired) electrons. The zero-order chi connectivity index (χ0) is 20.0. The number of aliphatic carboxylic acids is 1. The molecule has 0 spiro atoms. The summed E-state index contributed by atoms with van der Waals surface area (Å²) in [6, 6.07) is 4.81. The minimum Gasteiger partial charge on any atom is -0.497 e. The van der Waals surface area contributed by atoms with Crippen molar-refractivity contribution in [2.75, 3.05) is 27.3 Å². The second-order valence-electron chi connectivity index (χ2n) is 6.94. The Morgan fingerprint density at radius 2 is 2.07 bits per heavy atom. The SMILES string of the molecule is CC[C@H](C)[C@H](NCC(=O)N1CCCC1c1ccc(OC)cc1OC)C(=O)O. The molecule has 0 bridgehead atoms. The number of amides is 1.